The van der Waals surface area contributed by atoms with Gasteiger partial charge >= 0.3 is 6.09 Å². The Morgan fingerprint density at radius 3 is 2.39 bits per heavy atom. The third kappa shape index (κ3) is 5.15. The maximum absolute atomic E-state index is 14.4. The maximum atomic E-state index is 14.4. The van der Waals surface area contributed by atoms with E-state index in [0.29, 0.717) is 11.3 Å². The number of amides is 1. The molecule has 3 aromatic heterocycles. The average Bonchev–Trinajstić information content (AvgIpc) is 3.30. The van der Waals surface area contributed by atoms with Gasteiger partial charge in [0, 0.05) is 24.1 Å². The van der Waals surface area contributed by atoms with Crippen LogP contribution in [0.1, 0.15) is 16.8 Å². The maximum Gasteiger partial charge on any atom is 0.414 e. The lowest BCUT2D eigenvalue weighted by atomic mass is 10.1. The molecule has 0 saturated carbocycles. The van der Waals surface area contributed by atoms with Gasteiger partial charge in [-0.05, 0) is 11.6 Å². The molecule has 1 amide bonds. The van der Waals surface area contributed by atoms with E-state index < -0.39 is 22.7 Å². The van der Waals surface area contributed by atoms with Crippen LogP contribution in [0.15, 0.2) is 60.8 Å². The molecule has 0 fully saturated rings. The van der Waals surface area contributed by atoms with Crippen LogP contribution < -0.4 is 16.4 Å². The largest absolute Gasteiger partial charge is 0.452 e. The second-order valence-electron chi connectivity index (χ2n) is 8.73. The number of ether oxygens (including phenoxy) is 1. The summed E-state index contributed by atoms with van der Waals surface area (Å²) in [7, 11) is 1.12. The van der Waals surface area contributed by atoms with Crippen LogP contribution in [0, 0.1) is 21.7 Å². The molecule has 2 aromatic carbocycles. The molecule has 4 N–H and O–H groups in total. The van der Waals surface area contributed by atoms with Gasteiger partial charge in [0.1, 0.15) is 22.8 Å². The normalized spacial score (nSPS) is 11.0. The van der Waals surface area contributed by atoms with Gasteiger partial charge in [-0.15, -0.1) is 0 Å². The number of hydrogen-bond acceptors (Lipinski definition) is 10. The Kier molecular flexibility index (Phi) is 7.07. The van der Waals surface area contributed by atoms with Crippen molar-refractivity contribution in [2.24, 2.45) is 0 Å². The number of nitro groups is 1. The fraction of sp³-hybridized carbons (Fsp3) is 0.115. The summed E-state index contributed by atoms with van der Waals surface area (Å²) in [5, 5.41) is 16.0. The summed E-state index contributed by atoms with van der Waals surface area (Å²) < 4.78 is 34.6. The zero-order valence-electron chi connectivity index (χ0n) is 21.4. The number of pyridine rings is 1. The number of hydrogen-bond donors (Lipinski definition) is 2. The van der Waals surface area contributed by atoms with Gasteiger partial charge in [0.15, 0.2) is 11.6 Å². The first-order valence-corrected chi connectivity index (χ1v) is 12.0. The Bertz CT molecular complexity index is 1790. The van der Waals surface area contributed by atoms with Gasteiger partial charge in [0.2, 0.25) is 0 Å². The molecule has 0 unspecified atom stereocenters. The number of fused-ring (bicyclic) bond motifs is 1. The number of benzene rings is 2. The number of aromatic nitrogens is 5. The van der Waals surface area contributed by atoms with E-state index >= 15 is 0 Å². The van der Waals surface area contributed by atoms with Crippen LogP contribution in [0.5, 0.6) is 0 Å². The number of nitrogen functional groups attached to an aromatic ring is 2. The fourth-order valence-corrected chi connectivity index (χ4v) is 4.31. The lowest BCUT2D eigenvalue weighted by Gasteiger charge is -2.23. The molecule has 208 valence electrons. The highest BCUT2D eigenvalue weighted by atomic mass is 19.1. The monoisotopic (exact) mass is 561 g/mol. The van der Waals surface area contributed by atoms with Crippen LogP contribution >= 0.6 is 0 Å². The summed E-state index contributed by atoms with van der Waals surface area (Å²) in [6.45, 7) is -0.340. The molecule has 13 nitrogen and oxygen atoms in total. The van der Waals surface area contributed by atoms with E-state index in [2.05, 4.69) is 20.1 Å². The molecule has 0 saturated heterocycles. The topological polar surface area (TPSA) is 181 Å². The molecule has 15 heteroatoms. The molecule has 0 radical (unpaired) electrons. The molecular weight excluding hydrogens is 540 g/mol. The highest BCUT2D eigenvalue weighted by Crippen LogP contribution is 2.33. The Balaban J connectivity index is 1.60. The average molecular weight is 562 g/mol. The molecule has 0 aliphatic carbocycles. The Morgan fingerprint density at radius 2 is 1.73 bits per heavy atom. The van der Waals surface area contributed by atoms with E-state index in [4.69, 9.17) is 16.2 Å². The number of para-hydroxylation sites is 1. The number of nitro benzene ring substituents is 1. The summed E-state index contributed by atoms with van der Waals surface area (Å²) in [6.07, 6.45) is 0.105. The minimum Gasteiger partial charge on any atom is -0.452 e. The second kappa shape index (κ2) is 10.8. The van der Waals surface area contributed by atoms with Crippen LogP contribution in [-0.2, 0) is 17.7 Å². The summed E-state index contributed by atoms with van der Waals surface area (Å²) >= 11 is 0. The van der Waals surface area contributed by atoms with Crippen molar-refractivity contribution in [3.8, 4) is 5.95 Å². The number of nitrogens with two attached hydrogens (primary N) is 2. The predicted molar refractivity (Wildman–Crippen MR) is 144 cm³/mol. The third-order valence-electron chi connectivity index (χ3n) is 6.17. The van der Waals surface area contributed by atoms with Crippen LogP contribution in [-0.4, -0.2) is 42.9 Å². The third-order valence-corrected chi connectivity index (χ3v) is 6.17. The number of anilines is 3. The van der Waals surface area contributed by atoms with Crippen LogP contribution in [0.25, 0.3) is 17.0 Å². The van der Waals surface area contributed by atoms with Crippen LogP contribution in [0.3, 0.4) is 0 Å². The van der Waals surface area contributed by atoms with Crippen molar-refractivity contribution >= 4 is 40.1 Å². The predicted octanol–water partition coefficient (Wildman–Crippen LogP) is 3.93. The van der Waals surface area contributed by atoms with Gasteiger partial charge in [-0.2, -0.15) is 19.7 Å². The van der Waals surface area contributed by atoms with Crippen LogP contribution in [0.4, 0.5) is 36.6 Å². The van der Waals surface area contributed by atoms with Gasteiger partial charge in [-0.3, -0.25) is 15.0 Å². The summed E-state index contributed by atoms with van der Waals surface area (Å²) in [5.41, 5.74) is 13.3. The van der Waals surface area contributed by atoms with Crippen molar-refractivity contribution in [1.82, 2.24) is 24.7 Å². The molecule has 0 aliphatic heterocycles. The van der Waals surface area contributed by atoms with Gasteiger partial charge < -0.3 is 16.2 Å². The quantitative estimate of drug-likeness (QED) is 0.218. The summed E-state index contributed by atoms with van der Waals surface area (Å²) in [5.74, 6) is -1.89. The standard InChI is InChI=1S/C26H21F2N9O4/c1-41-26(38)35(13-15-7-3-5-9-19(15)37(39)40)22-23(29)32-25(33-24(22)30)36-20-11-16(27)12-31-21(20)18(34-36)10-14-6-2-4-8-17(14)28/h2-9,11-12H,10,13H2,1H3,(H4,29,30,32,33). The van der Waals surface area contributed by atoms with Crippen molar-refractivity contribution in [2.45, 2.75) is 13.0 Å². The minimum absolute atomic E-state index is 0.0316. The number of methoxy groups -OCH3 is 1. The minimum atomic E-state index is -0.930. The van der Waals surface area contributed by atoms with Crippen molar-refractivity contribution < 1.29 is 23.2 Å². The highest BCUT2D eigenvalue weighted by Gasteiger charge is 2.28. The molecular formula is C26H21F2N9O4. The van der Waals surface area contributed by atoms with Gasteiger partial charge in [-0.1, -0.05) is 36.4 Å². The summed E-state index contributed by atoms with van der Waals surface area (Å²) in [6, 6.07) is 13.1. The summed E-state index contributed by atoms with van der Waals surface area (Å²) in [4.78, 5) is 37.2. The van der Waals surface area contributed by atoms with Gasteiger partial charge in [-0.25, -0.2) is 18.6 Å². The lowest BCUT2D eigenvalue weighted by Crippen LogP contribution is -2.32. The highest BCUT2D eigenvalue weighted by molar-refractivity contribution is 5.95. The van der Waals surface area contributed by atoms with E-state index in [1.807, 2.05) is 0 Å². The Hall–Kier alpha value is -5.73. The Labute approximate surface area is 230 Å². The van der Waals surface area contributed by atoms with Gasteiger partial charge in [0.05, 0.1) is 36.0 Å². The van der Waals surface area contributed by atoms with E-state index in [1.54, 1.807) is 24.3 Å². The molecule has 0 atom stereocenters. The number of carbonyl (C=O) groups excluding carboxylic acids is 1. The molecule has 0 bridgehead atoms. The van der Waals surface area contributed by atoms with E-state index in [1.165, 1.54) is 24.3 Å². The number of carbonyl (C=O) groups is 1. The molecule has 0 spiro atoms. The second-order valence-corrected chi connectivity index (χ2v) is 8.73. The molecule has 5 aromatic rings. The first-order chi connectivity index (χ1) is 19.7. The van der Waals surface area contributed by atoms with Crippen LogP contribution in [0.2, 0.25) is 0 Å². The zero-order chi connectivity index (χ0) is 29.3. The first kappa shape index (κ1) is 26.9. The number of rotatable bonds is 7. The van der Waals surface area contributed by atoms with E-state index in [0.717, 1.165) is 29.0 Å². The first-order valence-electron chi connectivity index (χ1n) is 12.0. The van der Waals surface area contributed by atoms with Gasteiger partial charge in [0.25, 0.3) is 11.6 Å². The number of halogens is 2. The zero-order valence-corrected chi connectivity index (χ0v) is 21.4. The molecule has 3 heterocycles. The molecule has 5 rings (SSSR count). The molecule has 0 aliphatic rings. The SMILES string of the molecule is COC(=O)N(Cc1ccccc1[N+](=O)[O-])c1c(N)nc(-n2nc(Cc3ccccc3F)c3ncc(F)cc32)nc1N. The Morgan fingerprint density at radius 1 is 1.07 bits per heavy atom. The van der Waals surface area contributed by atoms with Crippen molar-refractivity contribution in [3.05, 3.63) is 99.4 Å². The van der Waals surface area contributed by atoms with Crippen molar-refractivity contribution in [3.63, 3.8) is 0 Å². The van der Waals surface area contributed by atoms with E-state index in [9.17, 15) is 23.7 Å². The molecule has 41 heavy (non-hydrogen) atoms. The van der Waals surface area contributed by atoms with E-state index in [-0.39, 0.29) is 58.5 Å². The number of nitrogens with zero attached hydrogens (tertiary/aromatic N) is 7. The van der Waals surface area contributed by atoms with Crippen molar-refractivity contribution in [1.29, 1.82) is 0 Å². The lowest BCUT2D eigenvalue weighted by molar-refractivity contribution is -0.385. The fourth-order valence-electron chi connectivity index (χ4n) is 4.31. The van der Waals surface area contributed by atoms with Crippen molar-refractivity contribution in [2.75, 3.05) is 23.5 Å². The smallest absolute Gasteiger partial charge is 0.414 e.